The third kappa shape index (κ3) is 4.36. The molecule has 0 aliphatic heterocycles. The van der Waals surface area contributed by atoms with Crippen LogP contribution in [0.5, 0.6) is 0 Å². The molecule has 0 fully saturated rings. The lowest BCUT2D eigenvalue weighted by molar-refractivity contribution is -0.121. The number of hydrogen-bond donors (Lipinski definition) is 1. The van der Waals surface area contributed by atoms with E-state index in [4.69, 9.17) is 11.6 Å². The fraction of sp³-hybridized carbons (Fsp3) is 0.263. The van der Waals surface area contributed by atoms with Crippen molar-refractivity contribution in [3.63, 3.8) is 0 Å². The van der Waals surface area contributed by atoms with Crippen molar-refractivity contribution >= 4 is 23.2 Å². The van der Waals surface area contributed by atoms with Gasteiger partial charge in [0, 0.05) is 23.8 Å². The second-order valence-corrected chi connectivity index (χ2v) is 6.39. The van der Waals surface area contributed by atoms with E-state index in [1.807, 2.05) is 22.9 Å². The number of carbonyl (C=O) groups is 1. The van der Waals surface area contributed by atoms with Crippen molar-refractivity contribution < 1.29 is 4.79 Å². The van der Waals surface area contributed by atoms with Gasteiger partial charge in [-0.25, -0.2) is 4.98 Å². The van der Waals surface area contributed by atoms with Crippen LogP contribution in [0.15, 0.2) is 48.8 Å². The number of nitrogens with one attached hydrogen (secondary N) is 1. The zero-order chi connectivity index (χ0) is 16.9. The first-order valence-electron chi connectivity index (χ1n) is 8.05. The first-order chi connectivity index (χ1) is 11.6. The number of benzene rings is 1. The molecule has 0 saturated carbocycles. The van der Waals surface area contributed by atoms with Crippen LogP contribution < -0.4 is 5.32 Å². The van der Waals surface area contributed by atoms with Gasteiger partial charge in [0.25, 0.3) is 0 Å². The van der Waals surface area contributed by atoms with Gasteiger partial charge in [-0.05, 0) is 37.5 Å². The van der Waals surface area contributed by atoms with E-state index in [1.54, 1.807) is 6.07 Å². The summed E-state index contributed by atoms with van der Waals surface area (Å²) >= 11 is 5.95. The smallest absolute Gasteiger partial charge is 0.220 e. The predicted molar refractivity (Wildman–Crippen MR) is 96.2 cm³/mol. The molecule has 3 aromatic rings. The number of fused-ring (bicyclic) bond motifs is 1. The topological polar surface area (TPSA) is 46.4 Å². The van der Waals surface area contributed by atoms with E-state index in [0.29, 0.717) is 18.0 Å². The first kappa shape index (κ1) is 16.5. The van der Waals surface area contributed by atoms with Gasteiger partial charge in [-0.1, -0.05) is 41.4 Å². The zero-order valence-electron chi connectivity index (χ0n) is 13.6. The molecule has 0 atom stereocenters. The summed E-state index contributed by atoms with van der Waals surface area (Å²) in [5.41, 5.74) is 4.13. The molecule has 24 heavy (non-hydrogen) atoms. The van der Waals surface area contributed by atoms with Crippen molar-refractivity contribution in [3.05, 3.63) is 70.6 Å². The second-order valence-electron chi connectivity index (χ2n) is 5.96. The van der Waals surface area contributed by atoms with Crippen LogP contribution in [-0.4, -0.2) is 15.3 Å². The van der Waals surface area contributed by atoms with E-state index in [-0.39, 0.29) is 5.91 Å². The number of halogens is 1. The lowest BCUT2D eigenvalue weighted by atomic mass is 10.1. The minimum atomic E-state index is 0.0530. The van der Waals surface area contributed by atoms with Crippen LogP contribution in [0.1, 0.15) is 29.7 Å². The molecule has 0 radical (unpaired) electrons. The summed E-state index contributed by atoms with van der Waals surface area (Å²) in [4.78, 5) is 16.4. The highest BCUT2D eigenvalue weighted by atomic mass is 35.5. The standard InChI is InChI=1S/C19H20ClN3O/c1-14-5-7-15(8-6-14)3-2-4-19(24)21-12-17-13-23-10-9-16(20)11-18(23)22-17/h5-11,13H,2-4,12H2,1H3,(H,21,24). The fourth-order valence-electron chi connectivity index (χ4n) is 2.58. The van der Waals surface area contributed by atoms with E-state index in [0.717, 1.165) is 24.2 Å². The number of nitrogens with zero attached hydrogens (tertiary/aromatic N) is 2. The quantitative estimate of drug-likeness (QED) is 0.738. The Hall–Kier alpha value is -2.33. The van der Waals surface area contributed by atoms with E-state index in [1.165, 1.54) is 11.1 Å². The molecule has 5 heteroatoms. The van der Waals surface area contributed by atoms with Gasteiger partial charge in [0.05, 0.1) is 12.2 Å². The Morgan fingerprint density at radius 1 is 1.25 bits per heavy atom. The van der Waals surface area contributed by atoms with Crippen LogP contribution >= 0.6 is 11.6 Å². The van der Waals surface area contributed by atoms with E-state index in [2.05, 4.69) is 41.5 Å². The monoisotopic (exact) mass is 341 g/mol. The number of aryl methyl sites for hydroxylation is 2. The van der Waals surface area contributed by atoms with Crippen molar-refractivity contribution in [2.75, 3.05) is 0 Å². The third-order valence-electron chi connectivity index (χ3n) is 3.93. The maximum atomic E-state index is 12.0. The first-order valence-corrected chi connectivity index (χ1v) is 8.43. The number of imidazole rings is 1. The molecule has 1 N–H and O–H groups in total. The van der Waals surface area contributed by atoms with Crippen molar-refractivity contribution in [2.24, 2.45) is 0 Å². The number of aromatic nitrogens is 2. The van der Waals surface area contributed by atoms with Crippen LogP contribution in [0.25, 0.3) is 5.65 Å². The summed E-state index contributed by atoms with van der Waals surface area (Å²) in [7, 11) is 0. The Balaban J connectivity index is 1.45. The minimum absolute atomic E-state index is 0.0530. The summed E-state index contributed by atoms with van der Waals surface area (Å²) < 4.78 is 1.89. The molecular weight excluding hydrogens is 322 g/mol. The Morgan fingerprint density at radius 2 is 2.04 bits per heavy atom. The number of hydrogen-bond acceptors (Lipinski definition) is 2. The SMILES string of the molecule is Cc1ccc(CCCC(=O)NCc2cn3ccc(Cl)cc3n2)cc1. The average molecular weight is 342 g/mol. The Bertz CT molecular complexity index is 839. The Morgan fingerprint density at radius 3 is 2.83 bits per heavy atom. The van der Waals surface area contributed by atoms with Gasteiger partial charge in [-0.3, -0.25) is 4.79 Å². The number of carbonyl (C=O) groups excluding carboxylic acids is 1. The van der Waals surface area contributed by atoms with Crippen molar-refractivity contribution in [3.8, 4) is 0 Å². The van der Waals surface area contributed by atoms with Crippen LogP contribution in [0.4, 0.5) is 0 Å². The van der Waals surface area contributed by atoms with Crippen LogP contribution in [-0.2, 0) is 17.8 Å². The van der Waals surface area contributed by atoms with Gasteiger partial charge >= 0.3 is 0 Å². The van der Waals surface area contributed by atoms with Gasteiger partial charge < -0.3 is 9.72 Å². The third-order valence-corrected chi connectivity index (χ3v) is 4.16. The minimum Gasteiger partial charge on any atom is -0.350 e. The molecule has 2 aromatic heterocycles. The Kier molecular flexibility index (Phi) is 5.16. The molecule has 1 aromatic carbocycles. The van der Waals surface area contributed by atoms with Crippen molar-refractivity contribution in [1.82, 2.24) is 14.7 Å². The summed E-state index contributed by atoms with van der Waals surface area (Å²) in [5.74, 6) is 0.0530. The van der Waals surface area contributed by atoms with Crippen molar-refractivity contribution in [1.29, 1.82) is 0 Å². The van der Waals surface area contributed by atoms with Gasteiger partial charge in [-0.2, -0.15) is 0 Å². The maximum absolute atomic E-state index is 12.0. The zero-order valence-corrected chi connectivity index (χ0v) is 14.4. The highest BCUT2D eigenvalue weighted by Gasteiger charge is 2.05. The molecule has 0 saturated heterocycles. The van der Waals surface area contributed by atoms with Crippen molar-refractivity contribution in [2.45, 2.75) is 32.7 Å². The molecule has 1 amide bonds. The maximum Gasteiger partial charge on any atom is 0.220 e. The molecule has 0 spiro atoms. The lowest BCUT2D eigenvalue weighted by Crippen LogP contribution is -2.22. The molecule has 0 bridgehead atoms. The second kappa shape index (κ2) is 7.49. The van der Waals surface area contributed by atoms with Gasteiger partial charge in [0.15, 0.2) is 0 Å². The highest BCUT2D eigenvalue weighted by Crippen LogP contribution is 2.12. The summed E-state index contributed by atoms with van der Waals surface area (Å²) in [6.07, 6.45) is 6.04. The summed E-state index contributed by atoms with van der Waals surface area (Å²) in [5, 5.41) is 3.57. The molecule has 124 valence electrons. The van der Waals surface area contributed by atoms with Crippen LogP contribution in [0.2, 0.25) is 5.02 Å². The molecule has 0 unspecified atom stereocenters. The normalized spacial score (nSPS) is 10.9. The van der Waals surface area contributed by atoms with Gasteiger partial charge in [0.1, 0.15) is 5.65 Å². The van der Waals surface area contributed by atoms with E-state index < -0.39 is 0 Å². The summed E-state index contributed by atoms with van der Waals surface area (Å²) in [6, 6.07) is 12.1. The van der Waals surface area contributed by atoms with Crippen LogP contribution in [0, 0.1) is 6.92 Å². The number of amides is 1. The number of pyridine rings is 1. The predicted octanol–water partition coefficient (Wildman–Crippen LogP) is 3.94. The molecule has 3 rings (SSSR count). The largest absolute Gasteiger partial charge is 0.350 e. The fourth-order valence-corrected chi connectivity index (χ4v) is 2.73. The summed E-state index contributed by atoms with van der Waals surface area (Å²) in [6.45, 7) is 2.51. The highest BCUT2D eigenvalue weighted by molar-refractivity contribution is 6.30. The molecule has 4 nitrogen and oxygen atoms in total. The Labute approximate surface area is 146 Å². The molecule has 0 aliphatic rings. The molecule has 0 aliphatic carbocycles. The van der Waals surface area contributed by atoms with Gasteiger partial charge in [-0.15, -0.1) is 0 Å². The molecular formula is C19H20ClN3O. The average Bonchev–Trinajstić information content (AvgIpc) is 2.97. The van der Waals surface area contributed by atoms with E-state index >= 15 is 0 Å². The number of rotatable bonds is 6. The van der Waals surface area contributed by atoms with Crippen LogP contribution in [0.3, 0.4) is 0 Å². The van der Waals surface area contributed by atoms with Gasteiger partial charge in [0.2, 0.25) is 5.91 Å². The lowest BCUT2D eigenvalue weighted by Gasteiger charge is -2.04. The van der Waals surface area contributed by atoms with E-state index in [9.17, 15) is 4.79 Å². The molecule has 2 heterocycles.